The Balaban J connectivity index is 1.77. The minimum atomic E-state index is -6.00. The zero-order valence-electron chi connectivity index (χ0n) is 15.5. The van der Waals surface area contributed by atoms with Gasteiger partial charge in [0, 0.05) is 12.0 Å². The molecule has 0 saturated heterocycles. The lowest BCUT2D eigenvalue weighted by Crippen LogP contribution is -2.60. The molecule has 4 bridgehead atoms. The largest absolute Gasteiger partial charge is 0.455 e. The van der Waals surface area contributed by atoms with Crippen molar-refractivity contribution in [3.8, 4) is 0 Å². The molecule has 4 aliphatic rings. The van der Waals surface area contributed by atoms with E-state index in [1.165, 1.54) is 0 Å². The normalized spacial score (nSPS) is 35.1. The predicted molar refractivity (Wildman–Crippen MR) is 87.0 cm³/mol. The number of alkyl halides is 6. The van der Waals surface area contributed by atoms with Crippen LogP contribution in [-0.4, -0.2) is 34.6 Å². The van der Waals surface area contributed by atoms with Crippen molar-refractivity contribution in [1.29, 1.82) is 0 Å². The van der Waals surface area contributed by atoms with Gasteiger partial charge in [-0.05, 0) is 62.2 Å². The molecule has 0 aromatic heterocycles. The Hall–Kier alpha value is -1.25. The summed E-state index contributed by atoms with van der Waals surface area (Å²) in [6, 6.07) is 0. The van der Waals surface area contributed by atoms with E-state index < -0.39 is 41.5 Å². The fourth-order valence-electron chi connectivity index (χ4n) is 5.79. The summed E-state index contributed by atoms with van der Waals surface area (Å²) in [4.78, 5) is 12.5. The molecule has 160 valence electrons. The number of esters is 1. The number of halogens is 6. The molecule has 0 aliphatic heterocycles. The topological polar surface area (TPSA) is 46.5 Å². The highest BCUT2D eigenvalue weighted by atomic mass is 19.4. The molecule has 0 aromatic rings. The van der Waals surface area contributed by atoms with Crippen LogP contribution in [0.2, 0.25) is 0 Å². The highest BCUT2D eigenvalue weighted by Gasteiger charge is 2.70. The van der Waals surface area contributed by atoms with Gasteiger partial charge in [0.2, 0.25) is 0 Å². The monoisotopic (exact) mass is 414 g/mol. The van der Waals surface area contributed by atoms with Crippen LogP contribution in [-0.2, 0) is 9.53 Å². The Morgan fingerprint density at radius 1 is 1.00 bits per heavy atom. The molecule has 4 saturated carbocycles. The van der Waals surface area contributed by atoms with Crippen molar-refractivity contribution in [2.24, 2.45) is 23.7 Å². The molecule has 0 heterocycles. The van der Waals surface area contributed by atoms with E-state index in [2.05, 4.69) is 6.58 Å². The van der Waals surface area contributed by atoms with Crippen LogP contribution in [0, 0.1) is 23.7 Å². The maximum atomic E-state index is 12.9. The zero-order valence-corrected chi connectivity index (χ0v) is 15.5. The van der Waals surface area contributed by atoms with Gasteiger partial charge in [-0.15, -0.1) is 0 Å². The third-order valence-electron chi connectivity index (χ3n) is 7.05. The van der Waals surface area contributed by atoms with Crippen LogP contribution in [0.15, 0.2) is 12.2 Å². The summed E-state index contributed by atoms with van der Waals surface area (Å²) in [5.41, 5.74) is -6.94. The van der Waals surface area contributed by atoms with E-state index in [0.717, 1.165) is 32.1 Å². The number of carbonyl (C=O) groups excluding carboxylic acids is 1. The predicted octanol–water partition coefficient (Wildman–Crippen LogP) is 4.94. The summed E-state index contributed by atoms with van der Waals surface area (Å²) in [5.74, 6) is -0.0697. The van der Waals surface area contributed by atoms with Gasteiger partial charge in [-0.25, -0.2) is 4.79 Å². The van der Waals surface area contributed by atoms with Crippen LogP contribution in [0.4, 0.5) is 26.3 Å². The summed E-state index contributed by atoms with van der Waals surface area (Å²) in [6.45, 7) is 4.90. The van der Waals surface area contributed by atoms with Gasteiger partial charge < -0.3 is 9.84 Å². The van der Waals surface area contributed by atoms with E-state index >= 15 is 0 Å². The fraction of sp³-hybridized carbons (Fsp3) is 0.842. The Morgan fingerprint density at radius 3 is 1.79 bits per heavy atom. The summed E-state index contributed by atoms with van der Waals surface area (Å²) in [6.07, 6.45) is -8.99. The smallest absolute Gasteiger partial charge is 0.426 e. The lowest BCUT2D eigenvalue weighted by Gasteiger charge is -2.60. The highest BCUT2D eigenvalue weighted by molar-refractivity contribution is 5.88. The lowest BCUT2D eigenvalue weighted by atomic mass is 9.49. The van der Waals surface area contributed by atoms with Crippen molar-refractivity contribution in [2.45, 2.75) is 75.4 Å². The quantitative estimate of drug-likeness (QED) is 0.394. The Morgan fingerprint density at radius 2 is 1.43 bits per heavy atom. The van der Waals surface area contributed by atoms with E-state index in [4.69, 9.17) is 4.74 Å². The maximum absolute atomic E-state index is 12.9. The number of aliphatic hydroxyl groups is 1. The van der Waals surface area contributed by atoms with Gasteiger partial charge >= 0.3 is 18.3 Å². The fourth-order valence-corrected chi connectivity index (χ4v) is 5.79. The van der Waals surface area contributed by atoms with E-state index in [-0.39, 0.29) is 11.8 Å². The first-order valence-electron chi connectivity index (χ1n) is 9.50. The van der Waals surface area contributed by atoms with Gasteiger partial charge in [0.25, 0.3) is 5.60 Å². The molecule has 0 radical (unpaired) electrons. The molecule has 4 fully saturated rings. The van der Waals surface area contributed by atoms with Crippen molar-refractivity contribution in [3.05, 3.63) is 12.2 Å². The van der Waals surface area contributed by atoms with Crippen molar-refractivity contribution < 1.29 is 41.0 Å². The SMILES string of the molecule is C=C(CC(O)(C(F)(F)F)C(F)(F)F)C(=O)OC1(CC)C2CC3CC(C2)CC1C3. The molecule has 0 spiro atoms. The molecule has 0 aromatic carbocycles. The first kappa shape index (κ1) is 21.5. The summed E-state index contributed by atoms with van der Waals surface area (Å²) in [7, 11) is 0. The summed E-state index contributed by atoms with van der Waals surface area (Å²) in [5, 5.41) is 9.31. The second-order valence-corrected chi connectivity index (χ2v) is 8.64. The van der Waals surface area contributed by atoms with E-state index in [0.29, 0.717) is 18.3 Å². The Labute approximate surface area is 159 Å². The third-order valence-corrected chi connectivity index (χ3v) is 7.05. The molecule has 3 nitrogen and oxygen atoms in total. The van der Waals surface area contributed by atoms with Gasteiger partial charge in [0.1, 0.15) is 5.60 Å². The van der Waals surface area contributed by atoms with Gasteiger partial charge in [-0.2, -0.15) is 26.3 Å². The molecule has 9 heteroatoms. The first-order valence-corrected chi connectivity index (χ1v) is 9.50. The summed E-state index contributed by atoms with van der Waals surface area (Å²) >= 11 is 0. The minimum Gasteiger partial charge on any atom is -0.455 e. The summed E-state index contributed by atoms with van der Waals surface area (Å²) < 4.78 is 83.0. The minimum absolute atomic E-state index is 0.0645. The molecule has 0 unspecified atom stereocenters. The molecular formula is C19H24F6O3. The number of ether oxygens (including phenoxy) is 1. The average molecular weight is 414 g/mol. The molecule has 1 N–H and O–H groups in total. The van der Waals surface area contributed by atoms with E-state index in [9.17, 15) is 36.2 Å². The van der Waals surface area contributed by atoms with Gasteiger partial charge in [0.05, 0.1) is 0 Å². The maximum Gasteiger partial charge on any atom is 0.426 e. The van der Waals surface area contributed by atoms with E-state index in [1.54, 1.807) is 0 Å². The van der Waals surface area contributed by atoms with Gasteiger partial charge in [0.15, 0.2) is 0 Å². The van der Waals surface area contributed by atoms with Crippen LogP contribution in [0.1, 0.15) is 51.9 Å². The molecule has 4 aliphatic carbocycles. The standard InChI is InChI=1S/C19H24F6O3/c1-3-16(13-5-11-4-12(7-13)8-14(16)6-11)28-15(26)10(2)9-17(27,18(20,21)22)19(23,24)25/h11-14,27H,2-9H2,1H3. The van der Waals surface area contributed by atoms with Crippen molar-refractivity contribution in [1.82, 2.24) is 0 Å². The molecule has 0 atom stereocenters. The molecular weight excluding hydrogens is 390 g/mol. The van der Waals surface area contributed by atoms with Crippen molar-refractivity contribution in [2.75, 3.05) is 0 Å². The van der Waals surface area contributed by atoms with Gasteiger partial charge in [-0.1, -0.05) is 13.5 Å². The number of rotatable bonds is 5. The third kappa shape index (κ3) is 3.23. The van der Waals surface area contributed by atoms with Crippen LogP contribution in [0.5, 0.6) is 0 Å². The lowest BCUT2D eigenvalue weighted by molar-refractivity contribution is -0.367. The molecule has 4 rings (SSSR count). The highest BCUT2D eigenvalue weighted by Crippen LogP contribution is 2.61. The second-order valence-electron chi connectivity index (χ2n) is 8.64. The van der Waals surface area contributed by atoms with Crippen molar-refractivity contribution >= 4 is 5.97 Å². The average Bonchev–Trinajstić information content (AvgIpc) is 2.55. The number of carbonyl (C=O) groups is 1. The number of hydrogen-bond acceptors (Lipinski definition) is 3. The molecule has 0 amide bonds. The first-order chi connectivity index (χ1) is 12.7. The van der Waals surface area contributed by atoms with Crippen molar-refractivity contribution in [3.63, 3.8) is 0 Å². The Bertz CT molecular complexity index is 609. The van der Waals surface area contributed by atoms with Crippen LogP contribution in [0.25, 0.3) is 0 Å². The zero-order chi connectivity index (χ0) is 21.1. The van der Waals surface area contributed by atoms with E-state index in [1.807, 2.05) is 6.92 Å². The van der Waals surface area contributed by atoms with Crippen LogP contribution in [0.3, 0.4) is 0 Å². The van der Waals surface area contributed by atoms with Crippen LogP contribution < -0.4 is 0 Å². The number of hydrogen-bond donors (Lipinski definition) is 1. The Kier molecular flexibility index (Phi) is 5.09. The van der Waals surface area contributed by atoms with Crippen LogP contribution >= 0.6 is 0 Å². The second kappa shape index (κ2) is 6.64. The van der Waals surface area contributed by atoms with Gasteiger partial charge in [-0.3, -0.25) is 0 Å². The molecule has 28 heavy (non-hydrogen) atoms.